The van der Waals surface area contributed by atoms with Crippen molar-refractivity contribution in [2.45, 2.75) is 12.3 Å². The van der Waals surface area contributed by atoms with Crippen LogP contribution in [0.1, 0.15) is 39.4 Å². The summed E-state index contributed by atoms with van der Waals surface area (Å²) >= 11 is 0. The number of hydrogen-bond donors (Lipinski definition) is 1. The van der Waals surface area contributed by atoms with Crippen LogP contribution in [0.2, 0.25) is 0 Å². The standard InChI is InChI=1S/C29H25NO9/c1-34-19-9-7-15(11-22(19)37-14-24(30)31)18-13-25(32)38-20-10-8-17-27(33)23(39-29(17)26(18)20)12-16-5-4-6-21(35-2)28(16)36-3/h4-12,18H,13-14H2,1-3H3,(H2,30,31)/b23-12-. The summed E-state index contributed by atoms with van der Waals surface area (Å²) in [6.45, 7) is -0.349. The maximum atomic E-state index is 13.4. The summed E-state index contributed by atoms with van der Waals surface area (Å²) in [5, 5.41) is 0. The molecule has 39 heavy (non-hydrogen) atoms. The van der Waals surface area contributed by atoms with Crippen LogP contribution in [-0.4, -0.2) is 45.6 Å². The van der Waals surface area contributed by atoms with Crippen molar-refractivity contribution in [2.75, 3.05) is 27.9 Å². The molecule has 0 saturated carbocycles. The molecule has 2 aliphatic rings. The van der Waals surface area contributed by atoms with Gasteiger partial charge in [-0.15, -0.1) is 0 Å². The molecule has 200 valence electrons. The van der Waals surface area contributed by atoms with E-state index < -0.39 is 17.8 Å². The van der Waals surface area contributed by atoms with Gasteiger partial charge in [-0.05, 0) is 42.0 Å². The minimum atomic E-state index is -0.647. The number of nitrogens with two attached hydrogens (primary N) is 1. The molecule has 1 atom stereocenters. The SMILES string of the molecule is COc1ccc(C2CC(=O)Oc3ccc4c(c32)O/C(=C\c2cccc(OC)c2OC)C4=O)cc1OCC(N)=O. The van der Waals surface area contributed by atoms with Crippen molar-refractivity contribution >= 4 is 23.7 Å². The van der Waals surface area contributed by atoms with E-state index in [1.54, 1.807) is 54.6 Å². The molecule has 3 aromatic rings. The lowest BCUT2D eigenvalue weighted by atomic mass is 9.84. The Balaban J connectivity index is 1.58. The Morgan fingerprint density at radius 3 is 2.49 bits per heavy atom. The van der Waals surface area contributed by atoms with E-state index in [-0.39, 0.29) is 30.3 Å². The van der Waals surface area contributed by atoms with Crippen LogP contribution < -0.4 is 34.2 Å². The number of benzene rings is 3. The highest BCUT2D eigenvalue weighted by atomic mass is 16.5. The van der Waals surface area contributed by atoms with Crippen molar-refractivity contribution in [1.29, 1.82) is 0 Å². The smallest absolute Gasteiger partial charge is 0.312 e. The quantitative estimate of drug-likeness (QED) is 0.263. The molecule has 10 nitrogen and oxygen atoms in total. The first-order valence-electron chi connectivity index (χ1n) is 12.0. The molecule has 0 aromatic heterocycles. The summed E-state index contributed by atoms with van der Waals surface area (Å²) < 4.78 is 33.4. The van der Waals surface area contributed by atoms with Crippen LogP contribution in [-0.2, 0) is 9.59 Å². The number of esters is 1. The number of fused-ring (bicyclic) bond motifs is 3. The molecule has 0 radical (unpaired) electrons. The second kappa shape index (κ2) is 10.4. The maximum Gasteiger partial charge on any atom is 0.312 e. The second-order valence-electron chi connectivity index (χ2n) is 8.77. The van der Waals surface area contributed by atoms with Crippen LogP contribution in [0.5, 0.6) is 34.5 Å². The topological polar surface area (TPSA) is 133 Å². The van der Waals surface area contributed by atoms with E-state index in [2.05, 4.69) is 0 Å². The number of allylic oxidation sites excluding steroid dienone is 1. The largest absolute Gasteiger partial charge is 0.493 e. The van der Waals surface area contributed by atoms with Gasteiger partial charge in [0.2, 0.25) is 5.78 Å². The van der Waals surface area contributed by atoms with Crippen LogP contribution in [0.4, 0.5) is 0 Å². The lowest BCUT2D eigenvalue weighted by Crippen LogP contribution is -2.22. The van der Waals surface area contributed by atoms with Gasteiger partial charge < -0.3 is 34.2 Å². The minimum Gasteiger partial charge on any atom is -0.493 e. The van der Waals surface area contributed by atoms with Crippen molar-refractivity contribution in [3.05, 3.63) is 76.5 Å². The number of carbonyl (C=O) groups is 3. The number of amides is 1. The van der Waals surface area contributed by atoms with Gasteiger partial charge in [0.05, 0.1) is 33.3 Å². The van der Waals surface area contributed by atoms with E-state index in [1.165, 1.54) is 21.3 Å². The molecule has 0 aliphatic carbocycles. The number of hydrogen-bond acceptors (Lipinski definition) is 9. The molecule has 10 heteroatoms. The highest BCUT2D eigenvalue weighted by Crippen LogP contribution is 2.50. The minimum absolute atomic E-state index is 0.00858. The number of methoxy groups -OCH3 is 3. The van der Waals surface area contributed by atoms with Gasteiger partial charge in [-0.2, -0.15) is 0 Å². The zero-order valence-electron chi connectivity index (χ0n) is 21.4. The number of carbonyl (C=O) groups excluding carboxylic acids is 3. The fraction of sp³-hybridized carbons (Fsp3) is 0.207. The second-order valence-corrected chi connectivity index (χ2v) is 8.77. The number of ketones is 1. The monoisotopic (exact) mass is 531 g/mol. The third-order valence-corrected chi connectivity index (χ3v) is 6.46. The highest BCUT2D eigenvalue weighted by Gasteiger charge is 2.39. The average molecular weight is 532 g/mol. The number of rotatable bonds is 8. The Bertz CT molecular complexity index is 1530. The van der Waals surface area contributed by atoms with Gasteiger partial charge in [-0.25, -0.2) is 0 Å². The first kappa shape index (κ1) is 25.7. The van der Waals surface area contributed by atoms with Crippen LogP contribution in [0.3, 0.4) is 0 Å². The molecule has 0 spiro atoms. The Kier molecular flexibility index (Phi) is 6.84. The first-order chi connectivity index (χ1) is 18.8. The zero-order valence-corrected chi connectivity index (χ0v) is 21.4. The van der Waals surface area contributed by atoms with Gasteiger partial charge in [-0.3, -0.25) is 14.4 Å². The molecule has 0 saturated heterocycles. The molecule has 0 bridgehead atoms. The summed E-state index contributed by atoms with van der Waals surface area (Å²) in [6, 6.07) is 13.6. The molecule has 1 amide bonds. The summed E-state index contributed by atoms with van der Waals surface area (Å²) in [5.41, 5.74) is 7.39. The Morgan fingerprint density at radius 2 is 1.77 bits per heavy atom. The Morgan fingerprint density at radius 1 is 0.974 bits per heavy atom. The zero-order chi connectivity index (χ0) is 27.7. The lowest BCUT2D eigenvalue weighted by molar-refractivity contribution is -0.135. The molecule has 5 rings (SSSR count). The number of ether oxygens (including phenoxy) is 6. The fourth-order valence-electron chi connectivity index (χ4n) is 4.73. The van der Waals surface area contributed by atoms with Gasteiger partial charge in [0.1, 0.15) is 11.5 Å². The molecule has 2 heterocycles. The molecular formula is C29H25NO9. The maximum absolute atomic E-state index is 13.4. The van der Waals surface area contributed by atoms with E-state index in [0.717, 1.165) is 0 Å². The van der Waals surface area contributed by atoms with Gasteiger partial charge in [0.25, 0.3) is 5.91 Å². The van der Waals surface area contributed by atoms with Crippen LogP contribution in [0.25, 0.3) is 6.08 Å². The summed E-state index contributed by atoms with van der Waals surface area (Å²) in [7, 11) is 4.51. The van der Waals surface area contributed by atoms with E-state index in [0.29, 0.717) is 51.0 Å². The number of Topliss-reactive ketones (excluding diaryl/α,β-unsaturated/α-hetero) is 1. The van der Waals surface area contributed by atoms with Gasteiger partial charge >= 0.3 is 5.97 Å². The van der Waals surface area contributed by atoms with Gasteiger partial charge in [0, 0.05) is 17.0 Å². The Labute approximate surface area is 223 Å². The summed E-state index contributed by atoms with van der Waals surface area (Å²) in [6.07, 6.45) is 1.58. The Hall–Kier alpha value is -4.99. The predicted molar refractivity (Wildman–Crippen MR) is 139 cm³/mol. The molecule has 2 N–H and O–H groups in total. The molecule has 2 aliphatic heterocycles. The molecule has 0 fully saturated rings. The van der Waals surface area contributed by atoms with Gasteiger partial charge in [-0.1, -0.05) is 18.2 Å². The third kappa shape index (κ3) is 4.72. The molecular weight excluding hydrogens is 506 g/mol. The van der Waals surface area contributed by atoms with Crippen molar-refractivity contribution in [1.82, 2.24) is 0 Å². The fourth-order valence-corrected chi connectivity index (χ4v) is 4.73. The lowest BCUT2D eigenvalue weighted by Gasteiger charge is -2.26. The van der Waals surface area contributed by atoms with Crippen molar-refractivity contribution in [2.24, 2.45) is 5.73 Å². The average Bonchev–Trinajstić information content (AvgIpc) is 3.25. The van der Waals surface area contributed by atoms with Crippen molar-refractivity contribution in [3.8, 4) is 34.5 Å². The van der Waals surface area contributed by atoms with Crippen molar-refractivity contribution in [3.63, 3.8) is 0 Å². The van der Waals surface area contributed by atoms with E-state index >= 15 is 0 Å². The van der Waals surface area contributed by atoms with Crippen molar-refractivity contribution < 1.29 is 42.8 Å². The van der Waals surface area contributed by atoms with Crippen LogP contribution >= 0.6 is 0 Å². The van der Waals surface area contributed by atoms with Crippen LogP contribution in [0.15, 0.2) is 54.3 Å². The van der Waals surface area contributed by atoms with E-state index in [1.807, 2.05) is 0 Å². The van der Waals surface area contributed by atoms with Gasteiger partial charge in [0.15, 0.2) is 35.4 Å². The van der Waals surface area contributed by atoms with E-state index in [4.69, 9.17) is 34.2 Å². The molecule has 3 aromatic carbocycles. The molecule has 1 unspecified atom stereocenters. The highest BCUT2D eigenvalue weighted by molar-refractivity contribution is 6.15. The summed E-state index contributed by atoms with van der Waals surface area (Å²) in [5.74, 6) is 0.367. The third-order valence-electron chi connectivity index (χ3n) is 6.46. The van der Waals surface area contributed by atoms with E-state index in [9.17, 15) is 14.4 Å². The predicted octanol–water partition coefficient (Wildman–Crippen LogP) is 3.63. The first-order valence-corrected chi connectivity index (χ1v) is 12.0. The number of para-hydroxylation sites is 1. The summed E-state index contributed by atoms with van der Waals surface area (Å²) in [4.78, 5) is 37.2. The normalized spacial score (nSPS) is 16.6. The number of primary amides is 1. The van der Waals surface area contributed by atoms with Crippen LogP contribution in [0, 0.1) is 0 Å².